The molecule has 0 bridgehead atoms. The number of anilines is 1. The Morgan fingerprint density at radius 2 is 2.00 bits per heavy atom. The summed E-state index contributed by atoms with van der Waals surface area (Å²) in [6.07, 6.45) is 2.74. The molecule has 3 rings (SSSR count). The number of aromatic hydroxyl groups is 1. The van der Waals surface area contributed by atoms with Crippen molar-refractivity contribution in [3.63, 3.8) is 0 Å². The molecule has 0 unspecified atom stereocenters. The first-order valence-corrected chi connectivity index (χ1v) is 7.97. The molecule has 0 fully saturated rings. The van der Waals surface area contributed by atoms with Gasteiger partial charge in [-0.1, -0.05) is 36.7 Å². The van der Waals surface area contributed by atoms with Gasteiger partial charge in [-0.15, -0.1) is 0 Å². The fourth-order valence-corrected chi connectivity index (χ4v) is 2.59. The molecule has 1 heterocycles. The fraction of sp³-hybridized carbons (Fsp3) is 0.222. The molecule has 118 valence electrons. The highest BCUT2D eigenvalue weighted by Crippen LogP contribution is 2.36. The molecular formula is C18H18ClN3O. The summed E-state index contributed by atoms with van der Waals surface area (Å²) in [6, 6.07) is 11.2. The SMILES string of the molecule is CC[C@H](C)Nc1ncc2cc(-c3ccccc3Cl)c(O)cc2n1. The van der Waals surface area contributed by atoms with E-state index in [9.17, 15) is 5.11 Å². The topological polar surface area (TPSA) is 58.0 Å². The number of halogens is 1. The van der Waals surface area contributed by atoms with Gasteiger partial charge >= 0.3 is 0 Å². The minimum absolute atomic E-state index is 0.152. The lowest BCUT2D eigenvalue weighted by Crippen LogP contribution is -2.15. The molecule has 4 nitrogen and oxygen atoms in total. The lowest BCUT2D eigenvalue weighted by atomic mass is 10.0. The first kappa shape index (κ1) is 15.6. The van der Waals surface area contributed by atoms with Gasteiger partial charge in [0.1, 0.15) is 5.75 Å². The summed E-state index contributed by atoms with van der Waals surface area (Å²) >= 11 is 6.23. The van der Waals surface area contributed by atoms with Gasteiger partial charge in [-0.25, -0.2) is 9.97 Å². The lowest BCUT2D eigenvalue weighted by Gasteiger charge is -2.12. The molecule has 23 heavy (non-hydrogen) atoms. The third-order valence-electron chi connectivity index (χ3n) is 3.85. The molecule has 2 aromatic carbocycles. The Kier molecular flexibility index (Phi) is 4.35. The van der Waals surface area contributed by atoms with Crippen LogP contribution >= 0.6 is 11.6 Å². The Morgan fingerprint density at radius 3 is 2.74 bits per heavy atom. The molecule has 0 aliphatic heterocycles. The van der Waals surface area contributed by atoms with Gasteiger partial charge in [0, 0.05) is 39.8 Å². The predicted octanol–water partition coefficient (Wildman–Crippen LogP) is 4.87. The summed E-state index contributed by atoms with van der Waals surface area (Å²) in [5, 5.41) is 15.0. The van der Waals surface area contributed by atoms with E-state index in [1.165, 1.54) is 0 Å². The van der Waals surface area contributed by atoms with Crippen LogP contribution in [-0.2, 0) is 0 Å². The van der Waals surface area contributed by atoms with Crippen molar-refractivity contribution in [3.8, 4) is 16.9 Å². The smallest absolute Gasteiger partial charge is 0.223 e. The van der Waals surface area contributed by atoms with Gasteiger partial charge in [-0.2, -0.15) is 0 Å². The molecule has 0 radical (unpaired) electrons. The minimum atomic E-state index is 0.152. The maximum absolute atomic E-state index is 10.4. The number of hydrogen-bond donors (Lipinski definition) is 2. The Hall–Kier alpha value is -2.33. The van der Waals surface area contributed by atoms with E-state index < -0.39 is 0 Å². The van der Waals surface area contributed by atoms with E-state index in [2.05, 4.69) is 29.1 Å². The van der Waals surface area contributed by atoms with E-state index in [1.54, 1.807) is 18.3 Å². The molecule has 1 atom stereocenters. The van der Waals surface area contributed by atoms with Gasteiger partial charge in [0.25, 0.3) is 0 Å². The van der Waals surface area contributed by atoms with Gasteiger partial charge in [0.2, 0.25) is 5.95 Å². The zero-order valence-corrected chi connectivity index (χ0v) is 13.8. The zero-order chi connectivity index (χ0) is 16.4. The monoisotopic (exact) mass is 327 g/mol. The quantitative estimate of drug-likeness (QED) is 0.718. The van der Waals surface area contributed by atoms with Crippen molar-refractivity contribution in [2.75, 3.05) is 5.32 Å². The van der Waals surface area contributed by atoms with Crippen molar-refractivity contribution >= 4 is 28.5 Å². The van der Waals surface area contributed by atoms with E-state index in [4.69, 9.17) is 11.6 Å². The lowest BCUT2D eigenvalue weighted by molar-refractivity contribution is 0.478. The maximum Gasteiger partial charge on any atom is 0.223 e. The number of hydrogen-bond acceptors (Lipinski definition) is 4. The number of nitrogens with zero attached hydrogens (tertiary/aromatic N) is 2. The van der Waals surface area contributed by atoms with Crippen molar-refractivity contribution in [3.05, 3.63) is 47.6 Å². The highest BCUT2D eigenvalue weighted by molar-refractivity contribution is 6.33. The molecule has 2 N–H and O–H groups in total. The normalized spacial score (nSPS) is 12.3. The number of nitrogens with one attached hydrogen (secondary N) is 1. The van der Waals surface area contributed by atoms with Crippen LogP contribution in [0, 0.1) is 0 Å². The van der Waals surface area contributed by atoms with Crippen LogP contribution in [-0.4, -0.2) is 21.1 Å². The van der Waals surface area contributed by atoms with Crippen LogP contribution in [0.3, 0.4) is 0 Å². The molecular weight excluding hydrogens is 310 g/mol. The summed E-state index contributed by atoms with van der Waals surface area (Å²) in [7, 11) is 0. The van der Waals surface area contributed by atoms with E-state index in [1.807, 2.05) is 24.3 Å². The molecule has 5 heteroatoms. The van der Waals surface area contributed by atoms with Crippen LogP contribution < -0.4 is 5.32 Å². The fourth-order valence-electron chi connectivity index (χ4n) is 2.36. The molecule has 0 aliphatic carbocycles. The third-order valence-corrected chi connectivity index (χ3v) is 4.18. The highest BCUT2D eigenvalue weighted by atomic mass is 35.5. The predicted molar refractivity (Wildman–Crippen MR) is 95.0 cm³/mol. The van der Waals surface area contributed by atoms with Crippen molar-refractivity contribution < 1.29 is 5.11 Å². The van der Waals surface area contributed by atoms with Crippen LogP contribution in [0.1, 0.15) is 20.3 Å². The second kappa shape index (κ2) is 6.42. The molecule has 0 aliphatic rings. The Morgan fingerprint density at radius 1 is 1.22 bits per heavy atom. The Balaban J connectivity index is 2.06. The summed E-state index contributed by atoms with van der Waals surface area (Å²) in [6.45, 7) is 4.17. The molecule has 1 aromatic heterocycles. The van der Waals surface area contributed by atoms with Crippen molar-refractivity contribution in [1.82, 2.24) is 9.97 Å². The molecule has 0 saturated heterocycles. The number of benzene rings is 2. The van der Waals surface area contributed by atoms with Gasteiger partial charge in [-0.3, -0.25) is 0 Å². The van der Waals surface area contributed by atoms with Gasteiger partial charge in [0.15, 0.2) is 0 Å². The zero-order valence-electron chi connectivity index (χ0n) is 13.0. The van der Waals surface area contributed by atoms with E-state index in [0.29, 0.717) is 28.1 Å². The van der Waals surface area contributed by atoms with Gasteiger partial charge in [-0.05, 0) is 25.5 Å². The first-order chi connectivity index (χ1) is 11.1. The largest absolute Gasteiger partial charge is 0.507 e. The van der Waals surface area contributed by atoms with Crippen LogP contribution in [0.15, 0.2) is 42.6 Å². The summed E-state index contributed by atoms with van der Waals surface area (Å²) in [5.74, 6) is 0.718. The molecule has 3 aromatic rings. The van der Waals surface area contributed by atoms with Gasteiger partial charge < -0.3 is 10.4 Å². The van der Waals surface area contributed by atoms with Crippen molar-refractivity contribution in [2.45, 2.75) is 26.3 Å². The van der Waals surface area contributed by atoms with E-state index in [-0.39, 0.29) is 5.75 Å². The Labute approximate surface area is 140 Å². The second-order valence-corrected chi connectivity index (χ2v) is 5.96. The minimum Gasteiger partial charge on any atom is -0.507 e. The number of rotatable bonds is 4. The standard InChI is InChI=1S/C18H18ClN3O/c1-3-11(2)21-18-20-10-12-8-14(17(23)9-16(12)22-18)13-6-4-5-7-15(13)19/h4-11,23H,3H2,1-2H3,(H,20,21,22)/t11-/m0/s1. The summed E-state index contributed by atoms with van der Waals surface area (Å²) in [5.41, 5.74) is 2.16. The van der Waals surface area contributed by atoms with E-state index >= 15 is 0 Å². The number of fused-ring (bicyclic) bond motifs is 1. The van der Waals surface area contributed by atoms with Gasteiger partial charge in [0.05, 0.1) is 5.52 Å². The van der Waals surface area contributed by atoms with Crippen molar-refractivity contribution in [1.29, 1.82) is 0 Å². The summed E-state index contributed by atoms with van der Waals surface area (Å²) < 4.78 is 0. The second-order valence-electron chi connectivity index (χ2n) is 5.56. The van der Waals surface area contributed by atoms with Crippen LogP contribution in [0.25, 0.3) is 22.0 Å². The average Bonchev–Trinajstić information content (AvgIpc) is 2.55. The molecule has 0 saturated carbocycles. The van der Waals surface area contributed by atoms with Crippen molar-refractivity contribution in [2.24, 2.45) is 0 Å². The number of aromatic nitrogens is 2. The van der Waals surface area contributed by atoms with Crippen LogP contribution in [0.5, 0.6) is 5.75 Å². The third kappa shape index (κ3) is 3.22. The highest BCUT2D eigenvalue weighted by Gasteiger charge is 2.11. The molecule has 0 spiro atoms. The first-order valence-electron chi connectivity index (χ1n) is 7.59. The average molecular weight is 328 g/mol. The molecule has 0 amide bonds. The number of phenols is 1. The van der Waals surface area contributed by atoms with Crippen LogP contribution in [0.4, 0.5) is 5.95 Å². The van der Waals surface area contributed by atoms with Crippen LogP contribution in [0.2, 0.25) is 5.02 Å². The Bertz CT molecular complexity index is 851. The number of phenolic OH excluding ortho intramolecular Hbond substituents is 1. The summed E-state index contributed by atoms with van der Waals surface area (Å²) in [4.78, 5) is 8.81. The maximum atomic E-state index is 10.4. The van der Waals surface area contributed by atoms with E-state index in [0.717, 1.165) is 17.4 Å².